The highest BCUT2D eigenvalue weighted by Gasteiger charge is 2.34. The Balaban J connectivity index is 1.74. The molecule has 2 N–H and O–H groups in total. The van der Waals surface area contributed by atoms with E-state index in [1.54, 1.807) is 0 Å². The van der Waals surface area contributed by atoms with Crippen LogP contribution in [-0.4, -0.2) is 34.4 Å². The Hall–Kier alpha value is -2.53. The number of likely N-dealkylation sites (N-methyl/N-ethyl adjacent to an activating group) is 1. The van der Waals surface area contributed by atoms with Crippen molar-refractivity contribution in [2.75, 3.05) is 18.9 Å². The van der Waals surface area contributed by atoms with E-state index in [-0.39, 0.29) is 0 Å². The third-order valence-corrected chi connectivity index (χ3v) is 5.57. The molecule has 1 saturated carbocycles. The Labute approximate surface area is 157 Å². The number of aliphatic imine (C=N–C) groups is 1. The maximum absolute atomic E-state index is 6.54. The lowest BCUT2D eigenvalue weighted by molar-refractivity contribution is 0.420. The van der Waals surface area contributed by atoms with Gasteiger partial charge >= 0.3 is 0 Å². The van der Waals surface area contributed by atoms with Crippen LogP contribution in [0.5, 0.6) is 0 Å². The Bertz CT molecular complexity index is 993. The van der Waals surface area contributed by atoms with Crippen LogP contribution in [0.3, 0.4) is 0 Å². The number of fused-ring (bicyclic) bond motifs is 1. The van der Waals surface area contributed by atoms with Crippen LogP contribution < -0.4 is 5.32 Å². The number of benzene rings is 1. The molecule has 6 heteroatoms. The Morgan fingerprint density at radius 1 is 1.23 bits per heavy atom. The molecular weight excluding hydrogens is 346 g/mol. The molecule has 3 heterocycles. The summed E-state index contributed by atoms with van der Waals surface area (Å²) < 4.78 is 0. The summed E-state index contributed by atoms with van der Waals surface area (Å²) in [5.41, 5.74) is 7.27. The van der Waals surface area contributed by atoms with Crippen LogP contribution in [0.2, 0.25) is 5.02 Å². The van der Waals surface area contributed by atoms with Crippen molar-refractivity contribution in [3.8, 4) is 0 Å². The Morgan fingerprint density at radius 3 is 2.81 bits per heavy atom. The number of aromatic nitrogens is 2. The summed E-state index contributed by atoms with van der Waals surface area (Å²) in [6.45, 7) is 2.80. The quantitative estimate of drug-likeness (QED) is 0.828. The molecule has 2 aromatic rings. The van der Waals surface area contributed by atoms with Crippen LogP contribution in [0.4, 0.5) is 11.5 Å². The van der Waals surface area contributed by atoms with E-state index in [1.807, 2.05) is 31.2 Å². The molecule has 1 aromatic carbocycles. The van der Waals surface area contributed by atoms with E-state index >= 15 is 0 Å². The van der Waals surface area contributed by atoms with Gasteiger partial charge < -0.3 is 10.2 Å². The number of hydrogen-bond acceptors (Lipinski definition) is 4. The molecule has 1 aliphatic carbocycles. The highest BCUT2D eigenvalue weighted by molar-refractivity contribution is 6.36. The molecule has 0 unspecified atom stereocenters. The molecule has 132 valence electrons. The van der Waals surface area contributed by atoms with Crippen molar-refractivity contribution < 1.29 is 0 Å². The third kappa shape index (κ3) is 2.46. The number of allylic oxidation sites excluding steroid dienone is 3. The second-order valence-corrected chi connectivity index (χ2v) is 7.61. The van der Waals surface area contributed by atoms with Crippen LogP contribution in [-0.2, 0) is 0 Å². The third-order valence-electron chi connectivity index (χ3n) is 5.24. The van der Waals surface area contributed by atoms with Crippen molar-refractivity contribution in [1.29, 1.82) is 0 Å². The highest BCUT2D eigenvalue weighted by Crippen LogP contribution is 2.42. The molecule has 2 aliphatic heterocycles. The van der Waals surface area contributed by atoms with Gasteiger partial charge in [-0.25, -0.2) is 4.99 Å². The fraction of sp³-hybridized carbons (Fsp3) is 0.300. The average molecular weight is 366 g/mol. The van der Waals surface area contributed by atoms with Gasteiger partial charge in [0.2, 0.25) is 0 Å². The number of nitrogens with zero attached hydrogens (tertiary/aromatic N) is 3. The van der Waals surface area contributed by atoms with Crippen molar-refractivity contribution in [3.63, 3.8) is 0 Å². The molecule has 0 radical (unpaired) electrons. The van der Waals surface area contributed by atoms with Gasteiger partial charge in [0.25, 0.3) is 0 Å². The van der Waals surface area contributed by atoms with Crippen LogP contribution in [0.15, 0.2) is 52.3 Å². The van der Waals surface area contributed by atoms with E-state index in [9.17, 15) is 0 Å². The summed E-state index contributed by atoms with van der Waals surface area (Å²) in [5.74, 6) is 1.44. The predicted octanol–water partition coefficient (Wildman–Crippen LogP) is 4.41. The van der Waals surface area contributed by atoms with E-state index in [0.29, 0.717) is 10.9 Å². The van der Waals surface area contributed by atoms with Gasteiger partial charge in [0.15, 0.2) is 5.82 Å². The van der Waals surface area contributed by atoms with Crippen LogP contribution in [0, 0.1) is 12.8 Å². The SMILES string of the molecule is Cc1[nH]nc2c1N=C(c1ccccc1Cl)C1=C(CN(C)C(C3CC3)=C1)N2. The first-order valence-corrected chi connectivity index (χ1v) is 9.31. The first kappa shape index (κ1) is 15.7. The fourth-order valence-electron chi connectivity index (χ4n) is 3.71. The second-order valence-electron chi connectivity index (χ2n) is 7.20. The number of aryl methyl sites for hydroxylation is 1. The number of nitrogens with one attached hydrogen (secondary N) is 2. The summed E-state index contributed by atoms with van der Waals surface area (Å²) in [6.07, 6.45) is 4.83. The molecule has 0 saturated heterocycles. The summed E-state index contributed by atoms with van der Waals surface area (Å²) in [7, 11) is 2.16. The number of H-pyrrole nitrogens is 1. The summed E-state index contributed by atoms with van der Waals surface area (Å²) >= 11 is 6.54. The molecular formula is C20H20ClN5. The maximum atomic E-state index is 6.54. The summed E-state index contributed by atoms with van der Waals surface area (Å²) in [5, 5.41) is 11.6. The van der Waals surface area contributed by atoms with Gasteiger partial charge in [-0.2, -0.15) is 5.10 Å². The number of anilines is 1. The number of halogens is 1. The van der Waals surface area contributed by atoms with Crippen molar-refractivity contribution in [2.24, 2.45) is 10.9 Å². The van der Waals surface area contributed by atoms with Gasteiger partial charge in [-0.1, -0.05) is 29.8 Å². The smallest absolute Gasteiger partial charge is 0.178 e. The first-order chi connectivity index (χ1) is 12.6. The van der Waals surface area contributed by atoms with Gasteiger partial charge in [0.05, 0.1) is 18.0 Å². The van der Waals surface area contributed by atoms with Crippen molar-refractivity contribution in [1.82, 2.24) is 15.1 Å². The summed E-state index contributed by atoms with van der Waals surface area (Å²) in [6, 6.07) is 7.91. The van der Waals surface area contributed by atoms with Crippen molar-refractivity contribution in [3.05, 3.63) is 63.6 Å². The highest BCUT2D eigenvalue weighted by atomic mass is 35.5. The lowest BCUT2D eigenvalue weighted by Crippen LogP contribution is -2.30. The minimum Gasteiger partial charge on any atom is -0.372 e. The minimum absolute atomic E-state index is 0.671. The van der Waals surface area contributed by atoms with E-state index in [1.165, 1.54) is 18.5 Å². The van der Waals surface area contributed by atoms with Crippen LogP contribution in [0.1, 0.15) is 24.1 Å². The molecule has 3 aliphatic rings. The number of rotatable bonds is 2. The summed E-state index contributed by atoms with van der Waals surface area (Å²) in [4.78, 5) is 7.34. The van der Waals surface area contributed by atoms with Gasteiger partial charge in [-0.3, -0.25) is 5.10 Å². The molecule has 5 nitrogen and oxygen atoms in total. The molecule has 0 bridgehead atoms. The molecule has 26 heavy (non-hydrogen) atoms. The number of hydrogen-bond donors (Lipinski definition) is 2. The molecule has 1 fully saturated rings. The Kier molecular flexibility index (Phi) is 3.47. The van der Waals surface area contributed by atoms with Gasteiger partial charge in [0.1, 0.15) is 5.69 Å². The standard InChI is InChI=1S/C20H20ClN5/c1-11-18-20(25-24-11)22-16-10-26(2)17(12-7-8-12)9-14(16)19(23-18)13-5-3-4-6-15(13)21/h3-6,9,12H,7-8,10H2,1-2H3,(H2,22,24,25). The van der Waals surface area contributed by atoms with Crippen LogP contribution in [0.25, 0.3) is 0 Å². The Morgan fingerprint density at radius 2 is 2.04 bits per heavy atom. The zero-order chi connectivity index (χ0) is 17.8. The second kappa shape index (κ2) is 5.74. The average Bonchev–Trinajstić information content (AvgIpc) is 3.42. The lowest BCUT2D eigenvalue weighted by atomic mass is 9.95. The zero-order valence-corrected chi connectivity index (χ0v) is 15.6. The first-order valence-electron chi connectivity index (χ1n) is 8.93. The van der Waals surface area contributed by atoms with E-state index < -0.39 is 0 Å². The lowest BCUT2D eigenvalue weighted by Gasteiger charge is -2.30. The normalized spacial score (nSPS) is 19.3. The zero-order valence-electron chi connectivity index (χ0n) is 14.8. The van der Waals surface area contributed by atoms with Crippen molar-refractivity contribution in [2.45, 2.75) is 19.8 Å². The molecule has 0 atom stereocenters. The molecule has 0 amide bonds. The molecule has 5 rings (SSSR count). The fourth-order valence-corrected chi connectivity index (χ4v) is 3.93. The maximum Gasteiger partial charge on any atom is 0.178 e. The van der Waals surface area contributed by atoms with Crippen molar-refractivity contribution >= 4 is 28.8 Å². The van der Waals surface area contributed by atoms with Crippen LogP contribution >= 0.6 is 11.6 Å². The van der Waals surface area contributed by atoms with Gasteiger partial charge in [-0.05, 0) is 37.8 Å². The minimum atomic E-state index is 0.671. The molecule has 1 aromatic heterocycles. The predicted molar refractivity (Wildman–Crippen MR) is 105 cm³/mol. The topological polar surface area (TPSA) is 56.3 Å². The van der Waals surface area contributed by atoms with E-state index in [4.69, 9.17) is 16.6 Å². The monoisotopic (exact) mass is 365 g/mol. The number of aromatic amines is 1. The largest absolute Gasteiger partial charge is 0.372 e. The molecule has 0 spiro atoms. The van der Waals surface area contributed by atoms with Gasteiger partial charge in [-0.15, -0.1) is 0 Å². The van der Waals surface area contributed by atoms with E-state index in [0.717, 1.165) is 46.3 Å². The van der Waals surface area contributed by atoms with E-state index in [2.05, 4.69) is 33.5 Å². The van der Waals surface area contributed by atoms with Gasteiger partial charge in [0, 0.05) is 34.6 Å².